The molecule has 0 radical (unpaired) electrons. The van der Waals surface area contributed by atoms with Gasteiger partial charge in [-0.15, -0.1) is 0 Å². The Bertz CT molecular complexity index is 2470. The molecule has 0 saturated heterocycles. The molecule has 1 heteroatoms. The molecule has 0 N–H and O–H groups in total. The summed E-state index contributed by atoms with van der Waals surface area (Å²) in [4.78, 5) is 0. The van der Waals surface area contributed by atoms with E-state index in [2.05, 4.69) is 193 Å². The summed E-state index contributed by atoms with van der Waals surface area (Å²) in [7, 11) is 0. The quantitative estimate of drug-likeness (QED) is 0.186. The molecule has 0 amide bonds. The predicted molar refractivity (Wildman–Crippen MR) is 200 cm³/mol. The zero-order valence-corrected chi connectivity index (χ0v) is 25.8. The maximum absolute atomic E-state index is 2.42. The van der Waals surface area contributed by atoms with E-state index in [0.717, 1.165) is 5.69 Å². The Labute approximate surface area is 274 Å². The van der Waals surface area contributed by atoms with E-state index in [1.165, 1.54) is 77.1 Å². The Kier molecular flexibility index (Phi) is 6.54. The fourth-order valence-corrected chi connectivity index (χ4v) is 7.41. The molecule has 0 fully saturated rings. The third-order valence-electron chi connectivity index (χ3n) is 9.38. The Morgan fingerprint density at radius 1 is 0.255 bits per heavy atom. The molecular weight excluding hydrogens is 567 g/mol. The van der Waals surface area contributed by atoms with Crippen LogP contribution in [0, 0.1) is 0 Å². The van der Waals surface area contributed by atoms with Gasteiger partial charge >= 0.3 is 0 Å². The molecule has 0 atom stereocenters. The molecule has 0 aliphatic heterocycles. The van der Waals surface area contributed by atoms with Crippen molar-refractivity contribution in [3.8, 4) is 50.2 Å². The van der Waals surface area contributed by atoms with Crippen LogP contribution in [0.25, 0.3) is 82.8 Å². The molecule has 9 rings (SSSR count). The van der Waals surface area contributed by atoms with E-state index in [-0.39, 0.29) is 0 Å². The van der Waals surface area contributed by atoms with Crippen LogP contribution in [0.15, 0.2) is 188 Å². The Hall–Kier alpha value is -6.18. The summed E-state index contributed by atoms with van der Waals surface area (Å²) >= 11 is 0. The predicted octanol–water partition coefficient (Wildman–Crippen LogP) is 12.6. The fraction of sp³-hybridized carbons (Fsp3) is 0. The number of para-hydroxylation sites is 2. The highest BCUT2D eigenvalue weighted by Gasteiger charge is 2.24. The van der Waals surface area contributed by atoms with E-state index >= 15 is 0 Å². The van der Waals surface area contributed by atoms with Gasteiger partial charge in [0.15, 0.2) is 0 Å². The van der Waals surface area contributed by atoms with Crippen LogP contribution in [0.3, 0.4) is 0 Å². The van der Waals surface area contributed by atoms with Crippen LogP contribution in [0.2, 0.25) is 0 Å². The minimum absolute atomic E-state index is 1.15. The van der Waals surface area contributed by atoms with Gasteiger partial charge in [0.25, 0.3) is 0 Å². The average Bonchev–Trinajstić information content (AvgIpc) is 3.49. The number of fused-ring (bicyclic) bond motifs is 4. The van der Waals surface area contributed by atoms with Gasteiger partial charge in [-0.05, 0) is 79.5 Å². The van der Waals surface area contributed by atoms with Gasteiger partial charge in [-0.25, -0.2) is 0 Å². The van der Waals surface area contributed by atoms with Crippen molar-refractivity contribution in [3.63, 3.8) is 0 Å². The second kappa shape index (κ2) is 11.3. The highest BCUT2D eigenvalue weighted by Crippen LogP contribution is 2.51. The van der Waals surface area contributed by atoms with E-state index in [9.17, 15) is 0 Å². The van der Waals surface area contributed by atoms with Crippen molar-refractivity contribution in [2.24, 2.45) is 0 Å². The number of benzene rings is 8. The number of hydrogen-bond acceptors (Lipinski definition) is 0. The molecule has 0 saturated carbocycles. The summed E-state index contributed by atoms with van der Waals surface area (Å²) in [6, 6.07) is 68.2. The van der Waals surface area contributed by atoms with E-state index in [0.29, 0.717) is 0 Å². The van der Waals surface area contributed by atoms with Crippen LogP contribution >= 0.6 is 0 Å². The van der Waals surface area contributed by atoms with Crippen molar-refractivity contribution >= 4 is 32.6 Å². The Balaban J connectivity index is 1.50. The molecule has 1 nitrogen and oxygen atoms in total. The number of aromatic nitrogens is 1. The second-order valence-corrected chi connectivity index (χ2v) is 12.1. The molecule has 8 aromatic carbocycles. The summed E-state index contributed by atoms with van der Waals surface area (Å²) in [5.41, 5.74) is 13.4. The van der Waals surface area contributed by atoms with Crippen LogP contribution in [-0.4, -0.2) is 4.57 Å². The van der Waals surface area contributed by atoms with E-state index in [1.807, 2.05) is 0 Å². The smallest absolute Gasteiger partial charge is 0.0541 e. The summed E-state index contributed by atoms with van der Waals surface area (Å²) in [5.74, 6) is 0. The van der Waals surface area contributed by atoms with Gasteiger partial charge < -0.3 is 4.57 Å². The van der Waals surface area contributed by atoms with Gasteiger partial charge in [-0.2, -0.15) is 0 Å². The van der Waals surface area contributed by atoms with E-state index in [1.54, 1.807) is 0 Å². The number of rotatable bonds is 5. The van der Waals surface area contributed by atoms with Gasteiger partial charge in [0.2, 0.25) is 0 Å². The third-order valence-corrected chi connectivity index (χ3v) is 9.38. The summed E-state index contributed by atoms with van der Waals surface area (Å²) < 4.78 is 2.42. The van der Waals surface area contributed by atoms with Gasteiger partial charge in [0, 0.05) is 16.5 Å². The van der Waals surface area contributed by atoms with Crippen molar-refractivity contribution in [3.05, 3.63) is 188 Å². The highest BCUT2D eigenvalue weighted by atomic mass is 15.0. The SMILES string of the molecule is c1ccc(-c2c(-c3ccccc3)c(-c3ccccc3)c3cc(-n4c5ccccc5c5ccccc54)ccc3c2-c2ccccc2)cc1. The summed E-state index contributed by atoms with van der Waals surface area (Å²) in [6.07, 6.45) is 0. The lowest BCUT2D eigenvalue weighted by Gasteiger charge is -2.25. The third kappa shape index (κ3) is 4.47. The zero-order chi connectivity index (χ0) is 31.2. The largest absolute Gasteiger partial charge is 0.309 e. The van der Waals surface area contributed by atoms with Crippen molar-refractivity contribution in [1.29, 1.82) is 0 Å². The van der Waals surface area contributed by atoms with Crippen LogP contribution in [0.4, 0.5) is 0 Å². The van der Waals surface area contributed by atoms with Gasteiger partial charge in [0.1, 0.15) is 0 Å². The molecule has 0 bridgehead atoms. The molecular formula is C46H31N. The minimum atomic E-state index is 1.15. The number of hydrogen-bond donors (Lipinski definition) is 0. The van der Waals surface area contributed by atoms with Gasteiger partial charge in [-0.1, -0.05) is 164 Å². The maximum atomic E-state index is 2.42. The molecule has 0 aliphatic rings. The number of nitrogens with zero attached hydrogens (tertiary/aromatic N) is 1. The topological polar surface area (TPSA) is 4.93 Å². The lowest BCUT2D eigenvalue weighted by molar-refractivity contribution is 1.19. The maximum Gasteiger partial charge on any atom is 0.0541 e. The van der Waals surface area contributed by atoms with Crippen molar-refractivity contribution in [2.45, 2.75) is 0 Å². The summed E-state index contributed by atoms with van der Waals surface area (Å²) in [5, 5.41) is 4.99. The lowest BCUT2D eigenvalue weighted by atomic mass is 9.79. The zero-order valence-electron chi connectivity index (χ0n) is 25.8. The first-order valence-electron chi connectivity index (χ1n) is 16.2. The van der Waals surface area contributed by atoms with E-state index in [4.69, 9.17) is 0 Å². The first kappa shape index (κ1) is 27.2. The molecule has 220 valence electrons. The molecule has 9 aromatic rings. The Morgan fingerprint density at radius 3 is 1.06 bits per heavy atom. The van der Waals surface area contributed by atoms with Crippen LogP contribution < -0.4 is 0 Å². The molecule has 1 heterocycles. The Morgan fingerprint density at radius 2 is 0.617 bits per heavy atom. The highest BCUT2D eigenvalue weighted by molar-refractivity contribution is 6.19. The molecule has 0 unspecified atom stereocenters. The monoisotopic (exact) mass is 597 g/mol. The van der Waals surface area contributed by atoms with Gasteiger partial charge in [-0.3, -0.25) is 0 Å². The lowest BCUT2D eigenvalue weighted by Crippen LogP contribution is -1.99. The van der Waals surface area contributed by atoms with Crippen LogP contribution in [-0.2, 0) is 0 Å². The first-order valence-corrected chi connectivity index (χ1v) is 16.2. The second-order valence-electron chi connectivity index (χ2n) is 12.1. The van der Waals surface area contributed by atoms with Crippen molar-refractivity contribution in [1.82, 2.24) is 4.57 Å². The van der Waals surface area contributed by atoms with Crippen LogP contribution in [0.5, 0.6) is 0 Å². The summed E-state index contributed by atoms with van der Waals surface area (Å²) in [6.45, 7) is 0. The van der Waals surface area contributed by atoms with Crippen LogP contribution in [0.1, 0.15) is 0 Å². The minimum Gasteiger partial charge on any atom is -0.309 e. The molecule has 1 aromatic heterocycles. The average molecular weight is 598 g/mol. The standard InChI is InChI=1S/C46H31N/c1-5-17-32(18-6-1)43-39-30-29-36(47-41-27-15-13-25-37(41)38-26-14-16-28-42(38)47)31-40(39)44(33-19-7-2-8-20-33)46(35-23-11-4-12-24-35)45(43)34-21-9-3-10-22-34/h1-31H. The van der Waals surface area contributed by atoms with E-state index < -0.39 is 0 Å². The molecule has 0 spiro atoms. The van der Waals surface area contributed by atoms with Crippen molar-refractivity contribution < 1.29 is 0 Å². The fourth-order valence-electron chi connectivity index (χ4n) is 7.41. The normalized spacial score (nSPS) is 11.4. The van der Waals surface area contributed by atoms with Gasteiger partial charge in [0.05, 0.1) is 11.0 Å². The van der Waals surface area contributed by atoms with Crippen molar-refractivity contribution in [2.75, 3.05) is 0 Å². The first-order chi connectivity index (χ1) is 23.4. The molecule has 0 aliphatic carbocycles. The molecule has 47 heavy (non-hydrogen) atoms.